The van der Waals surface area contributed by atoms with Crippen LogP contribution in [-0.2, 0) is 7.05 Å². The van der Waals surface area contributed by atoms with E-state index >= 15 is 0 Å². The van der Waals surface area contributed by atoms with E-state index in [9.17, 15) is 0 Å². The van der Waals surface area contributed by atoms with Crippen molar-refractivity contribution in [2.24, 2.45) is 7.05 Å². The SMILES string of the molecule is CCCNC(CCC)C(CC)Sc1cc(C)nn1C. The number of thioether (sulfide) groups is 1. The largest absolute Gasteiger partial charge is 0.313 e. The highest BCUT2D eigenvalue weighted by molar-refractivity contribution is 7.99. The molecule has 110 valence electrons. The van der Waals surface area contributed by atoms with Gasteiger partial charge in [-0.3, -0.25) is 4.68 Å². The maximum Gasteiger partial charge on any atom is 0.0942 e. The van der Waals surface area contributed by atoms with E-state index in [1.54, 1.807) is 0 Å². The topological polar surface area (TPSA) is 29.9 Å². The van der Waals surface area contributed by atoms with E-state index in [-0.39, 0.29) is 0 Å². The van der Waals surface area contributed by atoms with Gasteiger partial charge in [0.2, 0.25) is 0 Å². The van der Waals surface area contributed by atoms with Crippen LogP contribution >= 0.6 is 11.8 Å². The molecule has 1 aromatic rings. The van der Waals surface area contributed by atoms with Crippen molar-refractivity contribution >= 4 is 11.8 Å². The lowest BCUT2D eigenvalue weighted by molar-refractivity contribution is 0.454. The molecule has 0 fully saturated rings. The van der Waals surface area contributed by atoms with E-state index in [2.05, 4.69) is 44.2 Å². The van der Waals surface area contributed by atoms with Crippen molar-refractivity contribution in [2.75, 3.05) is 6.54 Å². The minimum absolute atomic E-state index is 0.607. The molecule has 0 saturated heterocycles. The summed E-state index contributed by atoms with van der Waals surface area (Å²) in [6.07, 6.45) is 4.88. The summed E-state index contributed by atoms with van der Waals surface area (Å²) in [4.78, 5) is 0. The molecule has 1 rings (SSSR count). The average molecular weight is 283 g/mol. The summed E-state index contributed by atoms with van der Waals surface area (Å²) in [7, 11) is 2.04. The minimum Gasteiger partial charge on any atom is -0.313 e. The summed E-state index contributed by atoms with van der Waals surface area (Å²) >= 11 is 1.97. The van der Waals surface area contributed by atoms with Gasteiger partial charge in [0.25, 0.3) is 0 Å². The zero-order valence-corrected chi connectivity index (χ0v) is 13.9. The Balaban J connectivity index is 2.70. The van der Waals surface area contributed by atoms with Gasteiger partial charge in [-0.05, 0) is 38.8 Å². The first-order valence-electron chi connectivity index (χ1n) is 7.52. The van der Waals surface area contributed by atoms with Crippen LogP contribution in [0.2, 0.25) is 0 Å². The first kappa shape index (κ1) is 16.6. The summed E-state index contributed by atoms with van der Waals surface area (Å²) in [6.45, 7) is 9.97. The summed E-state index contributed by atoms with van der Waals surface area (Å²) < 4.78 is 2.01. The Kier molecular flexibility index (Phi) is 7.54. The van der Waals surface area contributed by atoms with Gasteiger partial charge in [-0.15, -0.1) is 11.8 Å². The number of aromatic nitrogens is 2. The maximum atomic E-state index is 4.44. The molecule has 1 heterocycles. The van der Waals surface area contributed by atoms with Gasteiger partial charge in [0, 0.05) is 18.3 Å². The van der Waals surface area contributed by atoms with Gasteiger partial charge in [0.15, 0.2) is 0 Å². The highest BCUT2D eigenvalue weighted by Gasteiger charge is 2.21. The smallest absolute Gasteiger partial charge is 0.0942 e. The van der Waals surface area contributed by atoms with Gasteiger partial charge in [0.05, 0.1) is 10.7 Å². The average Bonchev–Trinajstić information content (AvgIpc) is 2.70. The first-order chi connectivity index (χ1) is 9.12. The van der Waals surface area contributed by atoms with Gasteiger partial charge >= 0.3 is 0 Å². The van der Waals surface area contributed by atoms with Crippen LogP contribution in [0.3, 0.4) is 0 Å². The Morgan fingerprint density at radius 2 is 2.05 bits per heavy atom. The van der Waals surface area contributed by atoms with Crippen LogP contribution < -0.4 is 5.32 Å². The Bertz CT molecular complexity index is 362. The molecule has 0 bridgehead atoms. The van der Waals surface area contributed by atoms with Crippen LogP contribution in [0.25, 0.3) is 0 Å². The predicted octanol–water partition coefficient (Wildman–Crippen LogP) is 3.77. The normalized spacial score (nSPS) is 14.6. The summed E-state index contributed by atoms with van der Waals surface area (Å²) in [5.74, 6) is 0. The van der Waals surface area contributed by atoms with Gasteiger partial charge < -0.3 is 5.32 Å². The second kappa shape index (κ2) is 8.64. The maximum absolute atomic E-state index is 4.44. The van der Waals surface area contributed by atoms with Crippen molar-refractivity contribution in [3.8, 4) is 0 Å². The van der Waals surface area contributed by atoms with E-state index in [1.165, 1.54) is 30.7 Å². The lowest BCUT2D eigenvalue weighted by Crippen LogP contribution is -2.38. The Hall–Kier alpha value is -0.480. The van der Waals surface area contributed by atoms with Crippen molar-refractivity contribution in [1.82, 2.24) is 15.1 Å². The fourth-order valence-electron chi connectivity index (χ4n) is 2.36. The molecular formula is C15H29N3S. The summed E-state index contributed by atoms with van der Waals surface area (Å²) in [5.41, 5.74) is 1.11. The van der Waals surface area contributed by atoms with Crippen molar-refractivity contribution in [1.29, 1.82) is 0 Å². The van der Waals surface area contributed by atoms with Gasteiger partial charge in [-0.2, -0.15) is 5.10 Å². The molecule has 0 radical (unpaired) electrons. The Morgan fingerprint density at radius 1 is 1.32 bits per heavy atom. The quantitative estimate of drug-likeness (QED) is 0.700. The van der Waals surface area contributed by atoms with Gasteiger partial charge in [-0.1, -0.05) is 27.2 Å². The van der Waals surface area contributed by atoms with E-state index in [0.29, 0.717) is 11.3 Å². The van der Waals surface area contributed by atoms with Crippen molar-refractivity contribution in [3.05, 3.63) is 11.8 Å². The summed E-state index contributed by atoms with van der Waals surface area (Å²) in [5, 5.41) is 10.1. The first-order valence-corrected chi connectivity index (χ1v) is 8.40. The zero-order chi connectivity index (χ0) is 14.3. The number of hydrogen-bond donors (Lipinski definition) is 1. The van der Waals surface area contributed by atoms with E-state index < -0.39 is 0 Å². The molecule has 0 aromatic carbocycles. The monoisotopic (exact) mass is 283 g/mol. The van der Waals surface area contributed by atoms with Crippen LogP contribution in [0, 0.1) is 6.92 Å². The third kappa shape index (κ3) is 5.19. The van der Waals surface area contributed by atoms with E-state index in [1.807, 2.05) is 23.5 Å². The number of hydrogen-bond acceptors (Lipinski definition) is 3. The fraction of sp³-hybridized carbons (Fsp3) is 0.800. The van der Waals surface area contributed by atoms with Gasteiger partial charge in [-0.25, -0.2) is 0 Å². The Labute approximate surface area is 122 Å². The lowest BCUT2D eigenvalue weighted by atomic mass is 10.1. The second-order valence-corrected chi connectivity index (χ2v) is 6.42. The molecule has 0 saturated carbocycles. The highest BCUT2D eigenvalue weighted by Crippen LogP contribution is 2.29. The number of nitrogens with zero attached hydrogens (tertiary/aromatic N) is 2. The standard InChI is InChI=1S/C15H29N3S/c1-6-9-13(16-10-7-2)14(8-3)19-15-11-12(4)17-18(15)5/h11,13-14,16H,6-10H2,1-5H3. The van der Waals surface area contributed by atoms with E-state index in [0.717, 1.165) is 12.2 Å². The van der Waals surface area contributed by atoms with Crippen molar-refractivity contribution in [2.45, 2.75) is 69.7 Å². The molecule has 19 heavy (non-hydrogen) atoms. The van der Waals surface area contributed by atoms with Crippen LogP contribution in [0.5, 0.6) is 0 Å². The minimum atomic E-state index is 0.607. The molecule has 2 atom stereocenters. The number of aryl methyl sites for hydroxylation is 2. The van der Waals surface area contributed by atoms with Crippen molar-refractivity contribution < 1.29 is 0 Å². The molecule has 1 N–H and O–H groups in total. The van der Waals surface area contributed by atoms with Crippen LogP contribution in [-0.4, -0.2) is 27.6 Å². The van der Waals surface area contributed by atoms with Crippen LogP contribution in [0.4, 0.5) is 0 Å². The van der Waals surface area contributed by atoms with Crippen LogP contribution in [0.1, 0.15) is 52.1 Å². The number of nitrogens with one attached hydrogen (secondary N) is 1. The molecule has 0 aliphatic carbocycles. The highest BCUT2D eigenvalue weighted by atomic mass is 32.2. The fourth-order valence-corrected chi connectivity index (χ4v) is 3.67. The predicted molar refractivity (Wildman–Crippen MR) is 84.9 cm³/mol. The summed E-state index contributed by atoms with van der Waals surface area (Å²) in [6, 6.07) is 2.80. The molecule has 0 aliphatic heterocycles. The molecular weight excluding hydrogens is 254 g/mol. The Morgan fingerprint density at radius 3 is 2.53 bits per heavy atom. The third-order valence-corrected chi connectivity index (χ3v) is 4.93. The van der Waals surface area contributed by atoms with E-state index in [4.69, 9.17) is 0 Å². The van der Waals surface area contributed by atoms with Gasteiger partial charge in [0.1, 0.15) is 0 Å². The molecule has 0 aliphatic rings. The molecule has 1 aromatic heterocycles. The molecule has 2 unspecified atom stereocenters. The molecule has 0 amide bonds. The number of rotatable bonds is 9. The molecule has 4 heteroatoms. The van der Waals surface area contributed by atoms with Crippen LogP contribution in [0.15, 0.2) is 11.1 Å². The second-order valence-electron chi connectivity index (χ2n) is 5.16. The lowest BCUT2D eigenvalue weighted by Gasteiger charge is -2.26. The third-order valence-electron chi connectivity index (χ3n) is 3.34. The zero-order valence-electron chi connectivity index (χ0n) is 13.1. The molecule has 0 spiro atoms. The molecule has 3 nitrogen and oxygen atoms in total. The van der Waals surface area contributed by atoms with Crippen molar-refractivity contribution in [3.63, 3.8) is 0 Å².